The molecule has 15 heavy (non-hydrogen) atoms. The van der Waals surface area contributed by atoms with Crippen LogP contribution in [-0.2, 0) is 14.3 Å². The maximum atomic E-state index is 11.6. The molecule has 0 amide bonds. The number of hydrogen-bond acceptors (Lipinski definition) is 3. The van der Waals surface area contributed by atoms with Crippen LogP contribution in [0, 0.1) is 0 Å². The van der Waals surface area contributed by atoms with Gasteiger partial charge >= 0.3 is 0 Å². The van der Waals surface area contributed by atoms with Crippen molar-refractivity contribution >= 4 is 5.78 Å². The van der Waals surface area contributed by atoms with E-state index < -0.39 is 5.79 Å². The Balaban J connectivity index is 1.83. The van der Waals surface area contributed by atoms with Crippen molar-refractivity contribution in [1.29, 1.82) is 0 Å². The SMILES string of the molecule is CC1=CC(=O)[C@@H]2OC3(CCCCC3)O[C@H]12. The lowest BCUT2D eigenvalue weighted by Gasteiger charge is -2.32. The summed E-state index contributed by atoms with van der Waals surface area (Å²) in [6.45, 7) is 1.95. The van der Waals surface area contributed by atoms with Gasteiger partial charge in [0.2, 0.25) is 0 Å². The van der Waals surface area contributed by atoms with Gasteiger partial charge in [-0.3, -0.25) is 4.79 Å². The van der Waals surface area contributed by atoms with E-state index in [4.69, 9.17) is 9.47 Å². The second kappa shape index (κ2) is 3.16. The zero-order valence-electron chi connectivity index (χ0n) is 8.99. The van der Waals surface area contributed by atoms with Gasteiger partial charge in [-0.25, -0.2) is 0 Å². The first-order valence-electron chi connectivity index (χ1n) is 5.78. The van der Waals surface area contributed by atoms with Crippen molar-refractivity contribution in [2.24, 2.45) is 0 Å². The summed E-state index contributed by atoms with van der Waals surface area (Å²) >= 11 is 0. The molecule has 0 bridgehead atoms. The summed E-state index contributed by atoms with van der Waals surface area (Å²) in [5, 5.41) is 0. The monoisotopic (exact) mass is 208 g/mol. The Morgan fingerprint density at radius 1 is 1.20 bits per heavy atom. The third-order valence-corrected chi connectivity index (χ3v) is 3.67. The standard InChI is InChI=1S/C12H16O3/c1-8-7-9(13)11-10(8)14-12(15-11)5-3-2-4-6-12/h7,10-11H,2-6H2,1H3/t10-,11+/m1/s1. The van der Waals surface area contributed by atoms with Gasteiger partial charge < -0.3 is 9.47 Å². The van der Waals surface area contributed by atoms with E-state index in [1.54, 1.807) is 6.08 Å². The predicted octanol–water partition coefficient (Wildman–Crippen LogP) is 1.96. The molecule has 0 aromatic heterocycles. The Kier molecular flexibility index (Phi) is 2.01. The van der Waals surface area contributed by atoms with Crippen molar-refractivity contribution in [3.8, 4) is 0 Å². The molecule has 2 aliphatic carbocycles. The molecule has 2 atom stereocenters. The average molecular weight is 208 g/mol. The highest BCUT2D eigenvalue weighted by Crippen LogP contribution is 2.44. The maximum Gasteiger partial charge on any atom is 0.187 e. The van der Waals surface area contributed by atoms with Crippen LogP contribution in [0.25, 0.3) is 0 Å². The van der Waals surface area contributed by atoms with Crippen molar-refractivity contribution in [2.75, 3.05) is 0 Å². The summed E-state index contributed by atoms with van der Waals surface area (Å²) in [4.78, 5) is 11.6. The Bertz CT molecular complexity index is 326. The van der Waals surface area contributed by atoms with Crippen LogP contribution in [-0.4, -0.2) is 23.8 Å². The number of carbonyl (C=O) groups is 1. The molecular weight excluding hydrogens is 192 g/mol. The van der Waals surface area contributed by atoms with Crippen LogP contribution in [0.1, 0.15) is 39.0 Å². The lowest BCUT2D eigenvalue weighted by molar-refractivity contribution is -0.193. The van der Waals surface area contributed by atoms with Gasteiger partial charge in [-0.1, -0.05) is 6.42 Å². The van der Waals surface area contributed by atoms with Gasteiger partial charge in [0, 0.05) is 12.8 Å². The first kappa shape index (κ1) is 9.55. The average Bonchev–Trinajstić information content (AvgIpc) is 2.69. The molecule has 3 nitrogen and oxygen atoms in total. The van der Waals surface area contributed by atoms with Crippen molar-refractivity contribution in [3.05, 3.63) is 11.6 Å². The highest BCUT2D eigenvalue weighted by Gasteiger charge is 2.52. The molecule has 1 aliphatic heterocycles. The fourth-order valence-corrected chi connectivity index (χ4v) is 2.87. The van der Waals surface area contributed by atoms with E-state index in [1.807, 2.05) is 6.92 Å². The quantitative estimate of drug-likeness (QED) is 0.610. The maximum absolute atomic E-state index is 11.6. The summed E-state index contributed by atoms with van der Waals surface area (Å²) in [5.41, 5.74) is 1.02. The highest BCUT2D eigenvalue weighted by molar-refractivity contribution is 5.98. The molecule has 0 aromatic carbocycles. The van der Waals surface area contributed by atoms with Crippen molar-refractivity contribution in [2.45, 2.75) is 57.0 Å². The van der Waals surface area contributed by atoms with Gasteiger partial charge in [0.05, 0.1) is 0 Å². The lowest BCUT2D eigenvalue weighted by Crippen LogP contribution is -2.34. The fraction of sp³-hybridized carbons (Fsp3) is 0.750. The second-order valence-corrected chi connectivity index (χ2v) is 4.84. The van der Waals surface area contributed by atoms with E-state index in [1.165, 1.54) is 6.42 Å². The summed E-state index contributed by atoms with van der Waals surface area (Å²) < 4.78 is 11.9. The molecule has 3 rings (SSSR count). The molecule has 0 aromatic rings. The Labute approximate surface area is 89.4 Å². The largest absolute Gasteiger partial charge is 0.339 e. The van der Waals surface area contributed by atoms with Gasteiger partial charge in [-0.05, 0) is 31.4 Å². The van der Waals surface area contributed by atoms with Crippen molar-refractivity contribution < 1.29 is 14.3 Å². The lowest BCUT2D eigenvalue weighted by atomic mass is 9.94. The van der Waals surface area contributed by atoms with E-state index in [0.29, 0.717) is 0 Å². The molecule has 1 saturated heterocycles. The summed E-state index contributed by atoms with van der Waals surface area (Å²) in [7, 11) is 0. The molecule has 3 heteroatoms. The number of hydrogen-bond donors (Lipinski definition) is 0. The minimum atomic E-state index is -0.432. The first-order chi connectivity index (χ1) is 7.20. The smallest absolute Gasteiger partial charge is 0.187 e. The predicted molar refractivity (Wildman–Crippen MR) is 54.3 cm³/mol. The topological polar surface area (TPSA) is 35.5 Å². The van der Waals surface area contributed by atoms with Crippen LogP contribution < -0.4 is 0 Å². The van der Waals surface area contributed by atoms with Gasteiger partial charge in [0.25, 0.3) is 0 Å². The molecule has 82 valence electrons. The summed E-state index contributed by atoms with van der Waals surface area (Å²) in [5.74, 6) is -0.348. The van der Waals surface area contributed by atoms with Crippen molar-refractivity contribution in [3.63, 3.8) is 0 Å². The van der Waals surface area contributed by atoms with Gasteiger partial charge in [-0.2, -0.15) is 0 Å². The molecule has 2 fully saturated rings. The fourth-order valence-electron chi connectivity index (χ4n) is 2.87. The van der Waals surface area contributed by atoms with E-state index in [-0.39, 0.29) is 18.0 Å². The molecular formula is C12H16O3. The van der Waals surface area contributed by atoms with E-state index in [0.717, 1.165) is 31.3 Å². The Morgan fingerprint density at radius 3 is 2.53 bits per heavy atom. The minimum Gasteiger partial charge on any atom is -0.339 e. The number of rotatable bonds is 0. The number of carbonyl (C=O) groups excluding carboxylic acids is 1. The zero-order valence-corrected chi connectivity index (χ0v) is 8.99. The first-order valence-corrected chi connectivity index (χ1v) is 5.78. The molecule has 1 saturated carbocycles. The van der Waals surface area contributed by atoms with Crippen LogP contribution in [0.5, 0.6) is 0 Å². The number of fused-ring (bicyclic) bond motifs is 1. The zero-order chi connectivity index (χ0) is 10.5. The Hall–Kier alpha value is -0.670. The van der Waals surface area contributed by atoms with Crippen LogP contribution in [0.4, 0.5) is 0 Å². The number of ketones is 1. The molecule has 1 spiro atoms. The van der Waals surface area contributed by atoms with Crippen LogP contribution in [0.15, 0.2) is 11.6 Å². The second-order valence-electron chi connectivity index (χ2n) is 4.84. The van der Waals surface area contributed by atoms with E-state index >= 15 is 0 Å². The molecule has 1 heterocycles. The molecule has 0 radical (unpaired) electrons. The summed E-state index contributed by atoms with van der Waals surface area (Å²) in [6.07, 6.45) is 6.66. The normalized spacial score (nSPS) is 38.2. The third-order valence-electron chi connectivity index (χ3n) is 3.67. The number of ether oxygens (including phenoxy) is 2. The van der Waals surface area contributed by atoms with E-state index in [2.05, 4.69) is 0 Å². The van der Waals surface area contributed by atoms with Crippen LogP contribution >= 0.6 is 0 Å². The highest BCUT2D eigenvalue weighted by atomic mass is 16.8. The van der Waals surface area contributed by atoms with Gasteiger partial charge in [-0.15, -0.1) is 0 Å². The minimum absolute atomic E-state index is 0.0833. The molecule has 0 unspecified atom stereocenters. The van der Waals surface area contributed by atoms with Crippen LogP contribution in [0.2, 0.25) is 0 Å². The molecule has 3 aliphatic rings. The van der Waals surface area contributed by atoms with E-state index in [9.17, 15) is 4.79 Å². The van der Waals surface area contributed by atoms with Gasteiger partial charge in [0.15, 0.2) is 17.7 Å². The molecule has 0 N–H and O–H groups in total. The van der Waals surface area contributed by atoms with Crippen LogP contribution in [0.3, 0.4) is 0 Å². The van der Waals surface area contributed by atoms with Crippen molar-refractivity contribution in [1.82, 2.24) is 0 Å². The third kappa shape index (κ3) is 1.37. The summed E-state index contributed by atoms with van der Waals surface area (Å²) in [6, 6.07) is 0. The van der Waals surface area contributed by atoms with Gasteiger partial charge in [0.1, 0.15) is 6.10 Å². The Morgan fingerprint density at radius 2 is 1.87 bits per heavy atom.